The number of aromatic nitrogens is 2. The summed E-state index contributed by atoms with van der Waals surface area (Å²) in [5.74, 6) is 0. The van der Waals surface area contributed by atoms with E-state index in [4.69, 9.17) is 28.5 Å². The molecule has 20 heavy (non-hydrogen) atoms. The van der Waals surface area contributed by atoms with E-state index in [2.05, 4.69) is 4.98 Å². The molecule has 0 aliphatic rings. The first kappa shape index (κ1) is 14.4. The molecule has 0 saturated heterocycles. The van der Waals surface area contributed by atoms with Crippen LogP contribution < -0.4 is 11.2 Å². The van der Waals surface area contributed by atoms with Crippen LogP contribution in [0, 0.1) is 11.3 Å². The molecule has 0 bridgehead atoms. The van der Waals surface area contributed by atoms with Crippen molar-refractivity contribution < 1.29 is 0 Å². The summed E-state index contributed by atoms with van der Waals surface area (Å²) in [6.07, 6.45) is 1.22. The lowest BCUT2D eigenvalue weighted by Gasteiger charge is -2.16. The van der Waals surface area contributed by atoms with Crippen LogP contribution >= 0.6 is 23.2 Å². The highest BCUT2D eigenvalue weighted by molar-refractivity contribution is 6.35. The van der Waals surface area contributed by atoms with Crippen molar-refractivity contribution in [3.63, 3.8) is 0 Å². The molecule has 1 atom stereocenters. The summed E-state index contributed by atoms with van der Waals surface area (Å²) in [7, 11) is 0. The fourth-order valence-electron chi connectivity index (χ4n) is 1.84. The monoisotopic (exact) mass is 309 g/mol. The number of nitrogens with zero attached hydrogens (tertiary/aromatic N) is 2. The zero-order chi connectivity index (χ0) is 14.9. The Balaban J connectivity index is 2.59. The number of nitriles is 1. The van der Waals surface area contributed by atoms with Gasteiger partial charge in [0.1, 0.15) is 11.6 Å². The Morgan fingerprint density at radius 3 is 2.65 bits per heavy atom. The standard InChI is InChI=1S/C13H9Cl2N3O2/c1-7(10-3-2-9(14)4-11(10)15)18-6-8(5-16)12(19)17-13(18)20/h2-4,6-7H,1H3,(H,17,19,20). The normalized spacial score (nSPS) is 11.9. The first-order valence-electron chi connectivity index (χ1n) is 5.64. The van der Waals surface area contributed by atoms with Gasteiger partial charge >= 0.3 is 5.69 Å². The number of benzene rings is 1. The van der Waals surface area contributed by atoms with Gasteiger partial charge in [-0.25, -0.2) is 4.79 Å². The van der Waals surface area contributed by atoms with Gasteiger partial charge in [-0.3, -0.25) is 14.3 Å². The second kappa shape index (κ2) is 5.53. The summed E-state index contributed by atoms with van der Waals surface area (Å²) < 4.78 is 1.25. The molecule has 0 aliphatic heterocycles. The van der Waals surface area contributed by atoms with E-state index >= 15 is 0 Å². The van der Waals surface area contributed by atoms with Gasteiger partial charge in [-0.15, -0.1) is 0 Å². The van der Waals surface area contributed by atoms with Crippen LogP contribution in [-0.4, -0.2) is 9.55 Å². The molecule has 1 N–H and O–H groups in total. The van der Waals surface area contributed by atoms with Crippen molar-refractivity contribution in [1.82, 2.24) is 9.55 Å². The van der Waals surface area contributed by atoms with Gasteiger partial charge in [-0.05, 0) is 24.6 Å². The lowest BCUT2D eigenvalue weighted by molar-refractivity contribution is 0.593. The van der Waals surface area contributed by atoms with Crippen LogP contribution in [-0.2, 0) is 0 Å². The van der Waals surface area contributed by atoms with Gasteiger partial charge in [-0.2, -0.15) is 5.26 Å². The number of halogens is 2. The molecular weight excluding hydrogens is 301 g/mol. The average molecular weight is 310 g/mol. The Labute approximate surface area is 124 Å². The van der Waals surface area contributed by atoms with E-state index in [0.717, 1.165) is 0 Å². The molecule has 2 rings (SSSR count). The van der Waals surface area contributed by atoms with Crippen LogP contribution in [0.25, 0.3) is 0 Å². The topological polar surface area (TPSA) is 78.7 Å². The Morgan fingerprint density at radius 2 is 2.05 bits per heavy atom. The maximum absolute atomic E-state index is 11.8. The second-order valence-corrected chi connectivity index (χ2v) is 5.01. The van der Waals surface area contributed by atoms with E-state index in [1.165, 1.54) is 10.8 Å². The third-order valence-corrected chi connectivity index (χ3v) is 3.48. The fraction of sp³-hybridized carbons (Fsp3) is 0.154. The molecule has 1 unspecified atom stereocenters. The van der Waals surface area contributed by atoms with Crippen LogP contribution in [0.3, 0.4) is 0 Å². The zero-order valence-electron chi connectivity index (χ0n) is 10.4. The highest BCUT2D eigenvalue weighted by Crippen LogP contribution is 2.27. The molecule has 0 radical (unpaired) electrons. The summed E-state index contributed by atoms with van der Waals surface area (Å²) >= 11 is 11.9. The maximum atomic E-state index is 11.8. The van der Waals surface area contributed by atoms with E-state index < -0.39 is 17.3 Å². The van der Waals surface area contributed by atoms with Crippen molar-refractivity contribution in [2.75, 3.05) is 0 Å². The van der Waals surface area contributed by atoms with E-state index in [9.17, 15) is 9.59 Å². The molecule has 0 aliphatic carbocycles. The number of H-pyrrole nitrogens is 1. The van der Waals surface area contributed by atoms with Gasteiger partial charge in [-0.1, -0.05) is 29.3 Å². The molecule has 5 nitrogen and oxygen atoms in total. The SMILES string of the molecule is CC(c1ccc(Cl)cc1Cl)n1cc(C#N)c(=O)[nH]c1=O. The minimum Gasteiger partial charge on any atom is -0.292 e. The van der Waals surface area contributed by atoms with Crippen molar-refractivity contribution in [1.29, 1.82) is 5.26 Å². The first-order valence-corrected chi connectivity index (χ1v) is 6.40. The molecule has 0 amide bonds. The van der Waals surface area contributed by atoms with Gasteiger partial charge in [0.15, 0.2) is 0 Å². The molecular formula is C13H9Cl2N3O2. The Bertz CT molecular complexity index is 818. The summed E-state index contributed by atoms with van der Waals surface area (Å²) in [6, 6.07) is 6.20. The van der Waals surface area contributed by atoms with Crippen molar-refractivity contribution >= 4 is 23.2 Å². The van der Waals surface area contributed by atoms with Crippen LogP contribution in [0.2, 0.25) is 10.0 Å². The number of nitrogens with one attached hydrogen (secondary N) is 1. The van der Waals surface area contributed by atoms with Crippen molar-refractivity contribution in [2.24, 2.45) is 0 Å². The quantitative estimate of drug-likeness (QED) is 0.924. The van der Waals surface area contributed by atoms with Crippen molar-refractivity contribution in [3.8, 4) is 6.07 Å². The minimum atomic E-state index is -0.705. The number of aromatic amines is 1. The van der Waals surface area contributed by atoms with Crippen LogP contribution in [0.15, 0.2) is 34.0 Å². The minimum absolute atomic E-state index is 0.137. The van der Waals surface area contributed by atoms with E-state index in [1.807, 2.05) is 0 Å². The largest absolute Gasteiger partial charge is 0.328 e. The smallest absolute Gasteiger partial charge is 0.292 e. The van der Waals surface area contributed by atoms with E-state index in [1.54, 1.807) is 31.2 Å². The molecule has 0 fully saturated rings. The van der Waals surface area contributed by atoms with Crippen LogP contribution in [0.5, 0.6) is 0 Å². The predicted octanol–water partition coefficient (Wildman–Crippen LogP) is 2.32. The molecule has 7 heteroatoms. The Morgan fingerprint density at radius 1 is 1.35 bits per heavy atom. The van der Waals surface area contributed by atoms with Crippen LogP contribution in [0.4, 0.5) is 0 Å². The van der Waals surface area contributed by atoms with Gasteiger partial charge in [0.05, 0.1) is 6.04 Å². The number of hydrogen-bond donors (Lipinski definition) is 1. The molecule has 0 spiro atoms. The van der Waals surface area contributed by atoms with Gasteiger partial charge < -0.3 is 0 Å². The highest BCUT2D eigenvalue weighted by Gasteiger charge is 2.15. The molecule has 102 valence electrons. The molecule has 1 aromatic heterocycles. The summed E-state index contributed by atoms with van der Waals surface area (Å²) in [6.45, 7) is 1.73. The van der Waals surface area contributed by atoms with Gasteiger partial charge in [0, 0.05) is 16.2 Å². The third kappa shape index (κ3) is 2.62. The predicted molar refractivity (Wildman–Crippen MR) is 76.3 cm³/mol. The molecule has 1 heterocycles. The Hall–Kier alpha value is -2.03. The Kier molecular flexibility index (Phi) is 3.98. The van der Waals surface area contributed by atoms with E-state index in [0.29, 0.717) is 15.6 Å². The molecule has 1 aromatic carbocycles. The lowest BCUT2D eigenvalue weighted by Crippen LogP contribution is -2.33. The summed E-state index contributed by atoms with van der Waals surface area (Å²) in [5, 5.41) is 9.74. The number of rotatable bonds is 2. The van der Waals surface area contributed by atoms with Crippen LogP contribution in [0.1, 0.15) is 24.1 Å². The molecule has 2 aromatic rings. The molecule has 0 saturated carbocycles. The average Bonchev–Trinajstić information content (AvgIpc) is 2.38. The van der Waals surface area contributed by atoms with Gasteiger partial charge in [0.25, 0.3) is 5.56 Å². The fourth-order valence-corrected chi connectivity index (χ4v) is 2.41. The van der Waals surface area contributed by atoms with E-state index in [-0.39, 0.29) is 5.56 Å². The first-order chi connectivity index (χ1) is 9.43. The van der Waals surface area contributed by atoms with Crippen molar-refractivity contribution in [3.05, 3.63) is 66.4 Å². The van der Waals surface area contributed by atoms with Gasteiger partial charge in [0.2, 0.25) is 0 Å². The summed E-state index contributed by atoms with van der Waals surface area (Å²) in [5.41, 5.74) is -0.786. The van der Waals surface area contributed by atoms with Crippen molar-refractivity contribution in [2.45, 2.75) is 13.0 Å². The summed E-state index contributed by atoms with van der Waals surface area (Å²) in [4.78, 5) is 25.3. The number of hydrogen-bond acceptors (Lipinski definition) is 3. The maximum Gasteiger partial charge on any atom is 0.328 e. The third-order valence-electron chi connectivity index (χ3n) is 2.92. The lowest BCUT2D eigenvalue weighted by atomic mass is 10.1. The zero-order valence-corrected chi connectivity index (χ0v) is 11.9. The second-order valence-electron chi connectivity index (χ2n) is 4.16. The highest BCUT2D eigenvalue weighted by atomic mass is 35.5.